The zero-order valence-corrected chi connectivity index (χ0v) is 15.4. The first kappa shape index (κ1) is 16.4. The minimum atomic E-state index is -0.151. The van der Waals surface area contributed by atoms with Crippen LogP contribution in [0.4, 0.5) is 0 Å². The Labute approximate surface area is 156 Å². The van der Waals surface area contributed by atoms with Gasteiger partial charge in [0, 0.05) is 24.6 Å². The van der Waals surface area contributed by atoms with Crippen LogP contribution in [-0.4, -0.2) is 30.8 Å². The molecule has 8 nitrogen and oxygen atoms in total. The smallest absolute Gasteiger partial charge is 0.259 e. The van der Waals surface area contributed by atoms with Gasteiger partial charge in [-0.25, -0.2) is 4.98 Å². The van der Waals surface area contributed by atoms with Gasteiger partial charge in [-0.3, -0.25) is 4.79 Å². The molecule has 1 amide bonds. The van der Waals surface area contributed by atoms with Gasteiger partial charge < -0.3 is 14.4 Å². The van der Waals surface area contributed by atoms with Crippen LogP contribution in [0.3, 0.4) is 0 Å². The third-order valence-corrected chi connectivity index (χ3v) is 5.47. The Morgan fingerprint density at radius 1 is 1.30 bits per heavy atom. The summed E-state index contributed by atoms with van der Waals surface area (Å²) < 4.78 is 7.48. The molecule has 0 saturated heterocycles. The molecule has 0 radical (unpaired) electrons. The van der Waals surface area contributed by atoms with Gasteiger partial charge >= 0.3 is 0 Å². The first-order valence-electron chi connectivity index (χ1n) is 9.67. The minimum absolute atomic E-state index is 0.151. The zero-order chi connectivity index (χ0) is 18.4. The molecular formula is C19H22N6O2. The van der Waals surface area contributed by atoms with Crippen LogP contribution in [0.5, 0.6) is 0 Å². The fourth-order valence-corrected chi connectivity index (χ4v) is 3.81. The number of nitrogens with zero attached hydrogens (tertiary/aromatic N) is 5. The van der Waals surface area contributed by atoms with E-state index in [4.69, 9.17) is 4.52 Å². The van der Waals surface area contributed by atoms with Gasteiger partial charge in [0.05, 0.1) is 23.2 Å². The van der Waals surface area contributed by atoms with Gasteiger partial charge in [-0.2, -0.15) is 0 Å². The summed E-state index contributed by atoms with van der Waals surface area (Å²) in [6.45, 7) is 3.11. The summed E-state index contributed by atoms with van der Waals surface area (Å²) in [6.07, 6.45) is 6.66. The number of carbonyl (C=O) groups is 1. The number of amides is 1. The van der Waals surface area contributed by atoms with E-state index in [9.17, 15) is 4.79 Å². The van der Waals surface area contributed by atoms with Gasteiger partial charge in [-0.1, -0.05) is 11.6 Å². The van der Waals surface area contributed by atoms with Crippen LogP contribution in [0.25, 0.3) is 11.1 Å². The van der Waals surface area contributed by atoms with Gasteiger partial charge in [0.25, 0.3) is 11.6 Å². The standard InChI is InChI=1S/C19H22N6O2/c1-11-17-13(9-14(12-6-7-12)21-19(17)27-24-11)18(26)20-10-16-23-22-15-5-3-2-4-8-25(15)16/h9,12H,2-8,10H2,1H3,(H,20,26). The predicted molar refractivity (Wildman–Crippen MR) is 97.3 cm³/mol. The van der Waals surface area contributed by atoms with Crippen molar-refractivity contribution in [2.24, 2.45) is 0 Å². The Kier molecular flexibility index (Phi) is 3.91. The van der Waals surface area contributed by atoms with E-state index in [0.29, 0.717) is 34.8 Å². The minimum Gasteiger partial charge on any atom is -0.345 e. The van der Waals surface area contributed by atoms with Crippen molar-refractivity contribution < 1.29 is 9.32 Å². The molecule has 0 aromatic carbocycles. The van der Waals surface area contributed by atoms with Crippen molar-refractivity contribution in [3.63, 3.8) is 0 Å². The van der Waals surface area contributed by atoms with E-state index in [-0.39, 0.29) is 5.91 Å². The molecule has 0 unspecified atom stereocenters. The molecule has 1 aliphatic heterocycles. The Morgan fingerprint density at radius 2 is 2.19 bits per heavy atom. The number of hydrogen-bond donors (Lipinski definition) is 1. The van der Waals surface area contributed by atoms with Crippen LogP contribution >= 0.6 is 0 Å². The molecule has 4 heterocycles. The Hall–Kier alpha value is -2.77. The van der Waals surface area contributed by atoms with Gasteiger partial charge in [-0.15, -0.1) is 10.2 Å². The molecule has 1 aliphatic carbocycles. The van der Waals surface area contributed by atoms with Crippen molar-refractivity contribution in [2.75, 3.05) is 0 Å². The van der Waals surface area contributed by atoms with Crippen molar-refractivity contribution in [1.82, 2.24) is 30.2 Å². The van der Waals surface area contributed by atoms with Crippen molar-refractivity contribution in [1.29, 1.82) is 0 Å². The lowest BCUT2D eigenvalue weighted by Crippen LogP contribution is -2.25. The van der Waals surface area contributed by atoms with Crippen molar-refractivity contribution in [2.45, 2.75) is 64.5 Å². The second-order valence-corrected chi connectivity index (χ2v) is 7.49. The summed E-state index contributed by atoms with van der Waals surface area (Å²) in [7, 11) is 0. The maximum Gasteiger partial charge on any atom is 0.259 e. The normalized spacial score (nSPS) is 16.9. The summed E-state index contributed by atoms with van der Waals surface area (Å²) in [5.41, 5.74) is 2.62. The maximum atomic E-state index is 13.0. The van der Waals surface area contributed by atoms with Crippen molar-refractivity contribution in [3.05, 3.63) is 34.7 Å². The highest BCUT2D eigenvalue weighted by Gasteiger charge is 2.28. The molecule has 1 N–H and O–H groups in total. The number of nitrogens with one attached hydrogen (secondary N) is 1. The summed E-state index contributed by atoms with van der Waals surface area (Å²) in [6, 6.07) is 1.89. The molecule has 27 heavy (non-hydrogen) atoms. The van der Waals surface area contributed by atoms with E-state index in [1.165, 1.54) is 6.42 Å². The van der Waals surface area contributed by atoms with E-state index in [2.05, 4.69) is 30.2 Å². The first-order valence-corrected chi connectivity index (χ1v) is 9.67. The molecule has 1 saturated carbocycles. The van der Waals surface area contributed by atoms with Crippen LogP contribution in [0.15, 0.2) is 10.6 Å². The molecule has 140 valence electrons. The monoisotopic (exact) mass is 366 g/mol. The van der Waals surface area contributed by atoms with Crippen LogP contribution in [0.2, 0.25) is 0 Å². The van der Waals surface area contributed by atoms with Crippen molar-refractivity contribution in [3.8, 4) is 0 Å². The summed E-state index contributed by atoms with van der Waals surface area (Å²) in [4.78, 5) is 17.5. The topological polar surface area (TPSA) is 98.7 Å². The quantitative estimate of drug-likeness (QED) is 0.762. The highest BCUT2D eigenvalue weighted by Crippen LogP contribution is 2.40. The van der Waals surface area contributed by atoms with Crippen LogP contribution in [-0.2, 0) is 19.5 Å². The summed E-state index contributed by atoms with van der Waals surface area (Å²) >= 11 is 0. The molecular weight excluding hydrogens is 344 g/mol. The summed E-state index contributed by atoms with van der Waals surface area (Å²) in [5, 5.41) is 16.3. The average molecular weight is 366 g/mol. The maximum absolute atomic E-state index is 13.0. The highest BCUT2D eigenvalue weighted by atomic mass is 16.5. The lowest BCUT2D eigenvalue weighted by atomic mass is 10.1. The Morgan fingerprint density at radius 3 is 3.04 bits per heavy atom. The number of rotatable bonds is 4. The largest absolute Gasteiger partial charge is 0.345 e. The third kappa shape index (κ3) is 2.98. The van der Waals surface area contributed by atoms with Gasteiger partial charge in [-0.05, 0) is 38.7 Å². The Bertz CT molecular complexity index is 1020. The fourth-order valence-electron chi connectivity index (χ4n) is 3.81. The molecule has 0 bridgehead atoms. The number of aryl methyl sites for hydroxylation is 2. The molecule has 1 fully saturated rings. The van der Waals surface area contributed by atoms with E-state index in [1.807, 2.05) is 13.0 Å². The average Bonchev–Trinajstić information content (AvgIpc) is 3.42. The summed E-state index contributed by atoms with van der Waals surface area (Å²) in [5.74, 6) is 2.11. The van der Waals surface area contributed by atoms with E-state index < -0.39 is 0 Å². The lowest BCUT2D eigenvalue weighted by Gasteiger charge is -2.09. The van der Waals surface area contributed by atoms with E-state index >= 15 is 0 Å². The van der Waals surface area contributed by atoms with Gasteiger partial charge in [0.1, 0.15) is 5.82 Å². The number of hydrogen-bond acceptors (Lipinski definition) is 6. The number of aromatic nitrogens is 5. The second-order valence-electron chi connectivity index (χ2n) is 7.49. The molecule has 3 aromatic heterocycles. The molecule has 5 rings (SSSR count). The fraction of sp³-hybridized carbons (Fsp3) is 0.526. The lowest BCUT2D eigenvalue weighted by molar-refractivity contribution is 0.0951. The van der Waals surface area contributed by atoms with Gasteiger partial charge in [0.15, 0.2) is 5.82 Å². The third-order valence-electron chi connectivity index (χ3n) is 5.47. The van der Waals surface area contributed by atoms with Crippen LogP contribution < -0.4 is 5.32 Å². The molecule has 8 heteroatoms. The van der Waals surface area contributed by atoms with Gasteiger partial charge in [0.2, 0.25) is 0 Å². The molecule has 0 spiro atoms. The first-order chi connectivity index (χ1) is 13.2. The van der Waals surface area contributed by atoms with E-state index in [0.717, 1.165) is 56.0 Å². The zero-order valence-electron chi connectivity index (χ0n) is 15.4. The number of pyridine rings is 1. The molecule has 2 aliphatic rings. The van der Waals surface area contributed by atoms with E-state index in [1.54, 1.807) is 0 Å². The van der Waals surface area contributed by atoms with Crippen LogP contribution in [0, 0.1) is 6.92 Å². The molecule has 3 aromatic rings. The second kappa shape index (κ2) is 6.44. The predicted octanol–water partition coefficient (Wildman–Crippen LogP) is 2.66. The Balaban J connectivity index is 1.41. The van der Waals surface area contributed by atoms with Crippen molar-refractivity contribution >= 4 is 17.0 Å². The van der Waals surface area contributed by atoms with Crippen LogP contribution in [0.1, 0.15) is 71.4 Å². The number of fused-ring (bicyclic) bond motifs is 2. The highest BCUT2D eigenvalue weighted by molar-refractivity contribution is 6.06. The number of carbonyl (C=O) groups excluding carboxylic acids is 1. The SMILES string of the molecule is Cc1noc2nc(C3CC3)cc(C(=O)NCc3nnc4n3CCCCC4)c12. The molecule has 0 atom stereocenters.